The Morgan fingerprint density at radius 3 is 2.44 bits per heavy atom. The summed E-state index contributed by atoms with van der Waals surface area (Å²) in [6, 6.07) is 9.81. The van der Waals surface area contributed by atoms with Crippen molar-refractivity contribution in [2.45, 2.75) is 64.6 Å². The number of aromatic nitrogens is 2. The number of piperazine rings is 1. The minimum atomic E-state index is -1.04. The molecule has 0 aliphatic carbocycles. The molecule has 2 saturated heterocycles. The van der Waals surface area contributed by atoms with Crippen molar-refractivity contribution in [1.29, 1.82) is 0 Å². The van der Waals surface area contributed by atoms with Gasteiger partial charge in [0.15, 0.2) is 5.82 Å². The number of hydroxylamine groups is 2. The number of benzene rings is 1. The Morgan fingerprint density at radius 2 is 1.80 bits per heavy atom. The van der Waals surface area contributed by atoms with Crippen LogP contribution >= 0.6 is 0 Å². The summed E-state index contributed by atoms with van der Waals surface area (Å²) in [6.07, 6.45) is -0.0899. The molecule has 244 valence electrons. The summed E-state index contributed by atoms with van der Waals surface area (Å²) in [7, 11) is 0. The van der Waals surface area contributed by atoms with E-state index in [2.05, 4.69) is 20.6 Å². The monoisotopic (exact) mass is 626 g/mol. The molecule has 2 aliphatic heterocycles. The number of anilines is 1. The molecule has 1 aromatic heterocycles. The van der Waals surface area contributed by atoms with Gasteiger partial charge >= 0.3 is 12.1 Å². The van der Waals surface area contributed by atoms with Crippen molar-refractivity contribution in [2.24, 2.45) is 0 Å². The number of esters is 1. The number of nitrogens with zero attached hydrogens (tertiary/aromatic N) is 4. The maximum absolute atomic E-state index is 13.7. The van der Waals surface area contributed by atoms with E-state index in [0.717, 1.165) is 12.0 Å². The van der Waals surface area contributed by atoms with E-state index in [1.807, 2.05) is 30.3 Å². The molecular formula is C31H42N6O8. The van der Waals surface area contributed by atoms with Crippen molar-refractivity contribution < 1.29 is 38.2 Å². The molecule has 0 bridgehead atoms. The van der Waals surface area contributed by atoms with Gasteiger partial charge in [0.2, 0.25) is 5.91 Å². The lowest BCUT2D eigenvalue weighted by Crippen LogP contribution is -2.55. The lowest BCUT2D eigenvalue weighted by molar-refractivity contribution is -0.158. The smallest absolute Gasteiger partial charge is 0.460 e. The second-order valence-corrected chi connectivity index (χ2v) is 11.7. The van der Waals surface area contributed by atoms with E-state index in [1.54, 1.807) is 38.7 Å². The van der Waals surface area contributed by atoms with Crippen molar-refractivity contribution in [3.8, 4) is 11.4 Å². The van der Waals surface area contributed by atoms with Gasteiger partial charge in [-0.25, -0.2) is 14.8 Å². The number of ether oxygens (including phenoxy) is 3. The third kappa shape index (κ3) is 10.4. The van der Waals surface area contributed by atoms with Crippen LogP contribution in [0.3, 0.4) is 0 Å². The maximum atomic E-state index is 13.7. The number of nitrogens with one attached hydrogen (secondary N) is 2. The lowest BCUT2D eigenvalue weighted by atomic mass is 10.1. The molecule has 2 aromatic rings. The van der Waals surface area contributed by atoms with Crippen LogP contribution in [-0.4, -0.2) is 108 Å². The maximum Gasteiger partial charge on any atom is 0.527 e. The molecule has 14 nitrogen and oxygen atoms in total. The number of rotatable bonds is 11. The zero-order valence-corrected chi connectivity index (χ0v) is 26.2. The standard InChI is InChI=1S/C31H42N6O8/c1-5-43-30(41)45-37-16-14-36(15-17-37)29(40)23(11-12-26(38)44-31(2,3)4)34-28(39)24-19-25(32-22-13-18-42-20-22)35-27(33-24)21-9-7-6-8-10-21/h6-10,19,22-23H,5,11-18,20H2,1-4H3,(H,34,39)(H,32,33,35)/t22-,23+/m1/s1. The third-order valence-electron chi connectivity index (χ3n) is 6.95. The molecule has 2 amide bonds. The average molecular weight is 627 g/mol. The Bertz CT molecular complexity index is 1320. The van der Waals surface area contributed by atoms with Crippen molar-refractivity contribution in [1.82, 2.24) is 25.2 Å². The molecule has 2 fully saturated rings. The van der Waals surface area contributed by atoms with Gasteiger partial charge in [-0.2, -0.15) is 0 Å². The first-order valence-electron chi connectivity index (χ1n) is 15.2. The molecule has 4 rings (SSSR count). The van der Waals surface area contributed by atoms with E-state index in [0.29, 0.717) is 24.9 Å². The fourth-order valence-corrected chi connectivity index (χ4v) is 4.83. The van der Waals surface area contributed by atoms with Crippen LogP contribution < -0.4 is 10.6 Å². The van der Waals surface area contributed by atoms with Gasteiger partial charge in [0.1, 0.15) is 23.2 Å². The summed E-state index contributed by atoms with van der Waals surface area (Å²) in [6.45, 7) is 9.27. The van der Waals surface area contributed by atoms with Crippen LogP contribution in [0, 0.1) is 0 Å². The van der Waals surface area contributed by atoms with Crippen molar-refractivity contribution in [3.05, 3.63) is 42.1 Å². The first kappa shape index (κ1) is 33.6. The van der Waals surface area contributed by atoms with Crippen LogP contribution in [0.15, 0.2) is 36.4 Å². The predicted octanol–water partition coefficient (Wildman–Crippen LogP) is 2.80. The van der Waals surface area contributed by atoms with E-state index in [-0.39, 0.29) is 63.3 Å². The predicted molar refractivity (Wildman–Crippen MR) is 163 cm³/mol. The Kier molecular flexibility index (Phi) is 11.7. The van der Waals surface area contributed by atoms with E-state index < -0.39 is 29.7 Å². The van der Waals surface area contributed by atoms with Gasteiger partial charge in [-0.05, 0) is 40.5 Å². The number of hydrogen-bond acceptors (Lipinski definition) is 12. The highest BCUT2D eigenvalue weighted by molar-refractivity contribution is 5.97. The Morgan fingerprint density at radius 1 is 1.07 bits per heavy atom. The minimum Gasteiger partial charge on any atom is -0.460 e. The molecule has 14 heteroatoms. The lowest BCUT2D eigenvalue weighted by Gasteiger charge is -2.35. The average Bonchev–Trinajstić information content (AvgIpc) is 3.52. The van der Waals surface area contributed by atoms with Gasteiger partial charge in [0, 0.05) is 37.7 Å². The van der Waals surface area contributed by atoms with Crippen LogP contribution in [0.2, 0.25) is 0 Å². The highest BCUT2D eigenvalue weighted by Gasteiger charge is 2.32. The molecule has 0 saturated carbocycles. The van der Waals surface area contributed by atoms with Gasteiger partial charge in [-0.1, -0.05) is 30.3 Å². The van der Waals surface area contributed by atoms with Gasteiger partial charge in [-0.15, -0.1) is 5.06 Å². The summed E-state index contributed by atoms with van der Waals surface area (Å²) in [4.78, 5) is 67.5. The second-order valence-electron chi connectivity index (χ2n) is 11.7. The fourth-order valence-electron chi connectivity index (χ4n) is 4.83. The zero-order valence-electron chi connectivity index (χ0n) is 26.2. The highest BCUT2D eigenvalue weighted by atomic mass is 16.8. The van der Waals surface area contributed by atoms with Crippen LogP contribution in [0.5, 0.6) is 0 Å². The fraction of sp³-hybridized carbons (Fsp3) is 0.548. The topological polar surface area (TPSA) is 162 Å². The minimum absolute atomic E-state index is 0.0141. The van der Waals surface area contributed by atoms with Gasteiger partial charge in [0.25, 0.3) is 5.91 Å². The van der Waals surface area contributed by atoms with E-state index in [1.165, 1.54) is 5.06 Å². The van der Waals surface area contributed by atoms with Gasteiger partial charge < -0.3 is 34.6 Å². The first-order chi connectivity index (χ1) is 21.5. The molecule has 0 unspecified atom stereocenters. The molecule has 2 N–H and O–H groups in total. The number of amides is 2. The Balaban J connectivity index is 1.52. The van der Waals surface area contributed by atoms with E-state index >= 15 is 0 Å². The summed E-state index contributed by atoms with van der Waals surface area (Å²) < 4.78 is 15.7. The van der Waals surface area contributed by atoms with E-state index in [9.17, 15) is 19.2 Å². The summed E-state index contributed by atoms with van der Waals surface area (Å²) >= 11 is 0. The summed E-state index contributed by atoms with van der Waals surface area (Å²) in [5, 5.41) is 7.55. The molecule has 45 heavy (non-hydrogen) atoms. The van der Waals surface area contributed by atoms with E-state index in [4.69, 9.17) is 19.0 Å². The van der Waals surface area contributed by atoms with Gasteiger partial charge in [0.05, 0.1) is 32.3 Å². The number of carbonyl (C=O) groups excluding carboxylic acids is 4. The highest BCUT2D eigenvalue weighted by Crippen LogP contribution is 2.20. The Labute approximate surface area is 262 Å². The second kappa shape index (κ2) is 15.6. The van der Waals surface area contributed by atoms with Crippen LogP contribution in [0.1, 0.15) is 57.4 Å². The zero-order chi connectivity index (χ0) is 32.4. The van der Waals surface area contributed by atoms with Gasteiger partial charge in [-0.3, -0.25) is 14.4 Å². The molecule has 0 radical (unpaired) electrons. The molecule has 2 aliphatic rings. The molecular weight excluding hydrogens is 584 g/mol. The molecule has 2 atom stereocenters. The summed E-state index contributed by atoms with van der Waals surface area (Å²) in [5.74, 6) is -0.646. The number of carbonyl (C=O) groups is 4. The third-order valence-corrected chi connectivity index (χ3v) is 6.95. The van der Waals surface area contributed by atoms with Crippen LogP contribution in [0.25, 0.3) is 11.4 Å². The Hall–Kier alpha value is -4.30. The molecule has 0 spiro atoms. The van der Waals surface area contributed by atoms with Crippen LogP contribution in [-0.2, 0) is 28.6 Å². The van der Waals surface area contributed by atoms with Crippen LogP contribution in [0.4, 0.5) is 10.6 Å². The molecule has 1 aromatic carbocycles. The largest absolute Gasteiger partial charge is 0.527 e. The SMILES string of the molecule is CCOC(=O)ON1CCN(C(=O)[C@H](CCC(=O)OC(C)(C)C)NC(=O)c2cc(N[C@@H]3CCOC3)nc(-c3ccccc3)n2)CC1. The normalized spacial score (nSPS) is 17.7. The quantitative estimate of drug-likeness (QED) is 0.352. The van der Waals surface area contributed by atoms with Crippen molar-refractivity contribution >= 4 is 29.8 Å². The first-order valence-corrected chi connectivity index (χ1v) is 15.2. The number of hydrogen-bond donors (Lipinski definition) is 2. The van der Waals surface area contributed by atoms with Crippen molar-refractivity contribution in [2.75, 3.05) is 51.3 Å². The summed E-state index contributed by atoms with van der Waals surface area (Å²) in [5.41, 5.74) is 0.0869. The molecule has 3 heterocycles. The van der Waals surface area contributed by atoms with Crippen molar-refractivity contribution in [3.63, 3.8) is 0 Å².